The van der Waals surface area contributed by atoms with Crippen LogP contribution < -0.4 is 0 Å². The van der Waals surface area contributed by atoms with E-state index in [4.69, 9.17) is 4.74 Å². The smallest absolute Gasteiger partial charge is 0.339 e. The van der Waals surface area contributed by atoms with E-state index in [1.54, 1.807) is 0 Å². The predicted octanol–water partition coefficient (Wildman–Crippen LogP) is 2.81. The summed E-state index contributed by atoms with van der Waals surface area (Å²) in [5, 5.41) is 10.6. The molecule has 2 rings (SSSR count). The van der Waals surface area contributed by atoms with Crippen LogP contribution in [-0.4, -0.2) is 37.7 Å². The molecule has 0 atom stereocenters. The van der Waals surface area contributed by atoms with Gasteiger partial charge in [-0.25, -0.2) is 17.5 Å². The Bertz CT molecular complexity index is 942. The highest BCUT2D eigenvalue weighted by Crippen LogP contribution is 2.21. The SMILES string of the molecule is CN(C)S(=O)(=O)c1ccc(I)c(C(=O)OCc2ccc([N+](=O)[O-])cc2)c1. The summed E-state index contributed by atoms with van der Waals surface area (Å²) in [4.78, 5) is 22.4. The maximum Gasteiger partial charge on any atom is 0.339 e. The Balaban J connectivity index is 2.18. The zero-order chi connectivity index (χ0) is 19.5. The lowest BCUT2D eigenvalue weighted by Crippen LogP contribution is -2.22. The van der Waals surface area contributed by atoms with Crippen LogP contribution in [0, 0.1) is 13.7 Å². The van der Waals surface area contributed by atoms with Crippen LogP contribution in [0.2, 0.25) is 0 Å². The number of nitrogens with zero attached hydrogens (tertiary/aromatic N) is 2. The van der Waals surface area contributed by atoms with Crippen LogP contribution >= 0.6 is 22.6 Å². The molecule has 2 aromatic carbocycles. The largest absolute Gasteiger partial charge is 0.457 e. The third-order valence-corrected chi connectivity index (χ3v) is 6.21. The summed E-state index contributed by atoms with van der Waals surface area (Å²) < 4.78 is 31.2. The van der Waals surface area contributed by atoms with Gasteiger partial charge < -0.3 is 4.74 Å². The first kappa shape index (κ1) is 20.3. The molecule has 0 radical (unpaired) electrons. The number of benzene rings is 2. The van der Waals surface area contributed by atoms with Gasteiger partial charge in [-0.05, 0) is 58.5 Å². The van der Waals surface area contributed by atoms with Crippen molar-refractivity contribution in [3.05, 3.63) is 67.3 Å². The van der Waals surface area contributed by atoms with Gasteiger partial charge in [-0.1, -0.05) is 0 Å². The lowest BCUT2D eigenvalue weighted by atomic mass is 10.2. The second-order valence-electron chi connectivity index (χ2n) is 5.43. The second-order valence-corrected chi connectivity index (χ2v) is 8.74. The molecule has 0 fully saturated rings. The molecule has 8 nitrogen and oxygen atoms in total. The molecule has 0 aliphatic carbocycles. The van der Waals surface area contributed by atoms with Crippen LogP contribution in [0.25, 0.3) is 0 Å². The van der Waals surface area contributed by atoms with Gasteiger partial charge in [-0.2, -0.15) is 0 Å². The molecule has 0 aliphatic rings. The second kappa shape index (κ2) is 8.10. The highest BCUT2D eigenvalue weighted by molar-refractivity contribution is 14.1. The first-order valence-corrected chi connectivity index (χ1v) is 9.77. The van der Waals surface area contributed by atoms with E-state index in [1.807, 2.05) is 22.6 Å². The Morgan fingerprint density at radius 3 is 2.35 bits per heavy atom. The van der Waals surface area contributed by atoms with E-state index in [-0.39, 0.29) is 22.8 Å². The van der Waals surface area contributed by atoms with E-state index in [9.17, 15) is 23.3 Å². The number of hydrogen-bond acceptors (Lipinski definition) is 6. The summed E-state index contributed by atoms with van der Waals surface area (Å²) in [7, 11) is -0.866. The molecule has 0 amide bonds. The number of sulfonamides is 1. The molecule has 0 bridgehead atoms. The van der Waals surface area contributed by atoms with Gasteiger partial charge in [0.1, 0.15) is 6.61 Å². The summed E-state index contributed by atoms with van der Waals surface area (Å²) in [6, 6.07) is 9.83. The number of non-ortho nitro benzene ring substituents is 1. The molecule has 0 unspecified atom stereocenters. The molecule has 0 aromatic heterocycles. The number of halogens is 1. The van der Waals surface area contributed by atoms with Gasteiger partial charge in [-0.15, -0.1) is 0 Å². The summed E-state index contributed by atoms with van der Waals surface area (Å²) in [5.74, 6) is -0.677. The number of rotatable bonds is 6. The molecule has 0 saturated carbocycles. The molecule has 2 aromatic rings. The molecule has 0 spiro atoms. The van der Waals surface area contributed by atoms with Gasteiger partial charge in [0.25, 0.3) is 5.69 Å². The fourth-order valence-electron chi connectivity index (χ4n) is 1.97. The Morgan fingerprint density at radius 2 is 1.81 bits per heavy atom. The third kappa shape index (κ3) is 4.56. The van der Waals surface area contributed by atoms with E-state index in [0.29, 0.717) is 9.13 Å². The van der Waals surface area contributed by atoms with Crippen LogP contribution in [0.15, 0.2) is 47.4 Å². The molecular formula is C16H15IN2O6S. The van der Waals surface area contributed by atoms with Crippen LogP contribution in [-0.2, 0) is 21.4 Å². The number of nitro groups is 1. The average molecular weight is 490 g/mol. The highest BCUT2D eigenvalue weighted by atomic mass is 127. The van der Waals surface area contributed by atoms with Gasteiger partial charge in [0.15, 0.2) is 0 Å². The number of nitro benzene ring substituents is 1. The minimum absolute atomic E-state index is 0.00907. The van der Waals surface area contributed by atoms with Gasteiger partial charge in [-0.3, -0.25) is 10.1 Å². The predicted molar refractivity (Wildman–Crippen MR) is 102 cm³/mol. The zero-order valence-corrected chi connectivity index (χ0v) is 16.9. The van der Waals surface area contributed by atoms with Gasteiger partial charge in [0.05, 0.1) is 15.4 Å². The van der Waals surface area contributed by atoms with Gasteiger partial charge in [0.2, 0.25) is 10.0 Å². The first-order chi connectivity index (χ1) is 12.1. The Kier molecular flexibility index (Phi) is 6.31. The number of carbonyl (C=O) groups is 1. The van der Waals surface area contributed by atoms with Crippen molar-refractivity contribution in [3.63, 3.8) is 0 Å². The topological polar surface area (TPSA) is 107 Å². The number of ether oxygens (including phenoxy) is 1. The van der Waals surface area contributed by atoms with Crippen molar-refractivity contribution < 1.29 is 22.9 Å². The number of hydrogen-bond donors (Lipinski definition) is 0. The van der Waals surface area contributed by atoms with Gasteiger partial charge >= 0.3 is 5.97 Å². The molecule has 138 valence electrons. The van der Waals surface area contributed by atoms with E-state index in [1.165, 1.54) is 56.6 Å². The Hall–Kier alpha value is -2.05. The van der Waals surface area contributed by atoms with Crippen molar-refractivity contribution in [1.82, 2.24) is 4.31 Å². The Labute approximate surface area is 164 Å². The minimum atomic E-state index is -3.67. The van der Waals surface area contributed by atoms with E-state index in [2.05, 4.69) is 0 Å². The lowest BCUT2D eigenvalue weighted by Gasteiger charge is -2.13. The Morgan fingerprint density at radius 1 is 1.19 bits per heavy atom. The fraction of sp³-hybridized carbons (Fsp3) is 0.188. The summed E-state index contributed by atoms with van der Waals surface area (Å²) in [5.41, 5.74) is 0.655. The number of carbonyl (C=O) groups excluding carboxylic acids is 1. The van der Waals surface area contributed by atoms with Crippen LogP contribution in [0.5, 0.6) is 0 Å². The fourth-order valence-corrected chi connectivity index (χ4v) is 3.46. The lowest BCUT2D eigenvalue weighted by molar-refractivity contribution is -0.384. The van der Waals surface area contributed by atoms with Crippen molar-refractivity contribution in [2.24, 2.45) is 0 Å². The van der Waals surface area contributed by atoms with Crippen LogP contribution in [0.1, 0.15) is 15.9 Å². The molecule has 0 heterocycles. The average Bonchev–Trinajstić information content (AvgIpc) is 2.60. The van der Waals surface area contributed by atoms with E-state index in [0.717, 1.165) is 4.31 Å². The van der Waals surface area contributed by atoms with E-state index < -0.39 is 20.9 Å². The maximum atomic E-state index is 12.3. The molecule has 0 aliphatic heterocycles. The molecule has 0 N–H and O–H groups in total. The summed E-state index contributed by atoms with van der Waals surface area (Å²) in [6.45, 7) is -0.0857. The molecule has 26 heavy (non-hydrogen) atoms. The van der Waals surface area contributed by atoms with Crippen molar-refractivity contribution in [2.45, 2.75) is 11.5 Å². The van der Waals surface area contributed by atoms with Crippen molar-refractivity contribution >= 4 is 44.3 Å². The maximum absolute atomic E-state index is 12.3. The molecule has 0 saturated heterocycles. The van der Waals surface area contributed by atoms with E-state index >= 15 is 0 Å². The molecular weight excluding hydrogens is 475 g/mol. The molecule has 10 heteroatoms. The monoisotopic (exact) mass is 490 g/mol. The van der Waals surface area contributed by atoms with Crippen LogP contribution in [0.4, 0.5) is 5.69 Å². The van der Waals surface area contributed by atoms with Crippen LogP contribution in [0.3, 0.4) is 0 Å². The normalized spacial score (nSPS) is 11.4. The zero-order valence-electron chi connectivity index (χ0n) is 13.9. The summed E-state index contributed by atoms with van der Waals surface area (Å²) >= 11 is 1.92. The number of esters is 1. The minimum Gasteiger partial charge on any atom is -0.457 e. The third-order valence-electron chi connectivity index (χ3n) is 3.45. The quantitative estimate of drug-likeness (QED) is 0.267. The van der Waals surface area contributed by atoms with Crippen molar-refractivity contribution in [3.8, 4) is 0 Å². The highest BCUT2D eigenvalue weighted by Gasteiger charge is 2.21. The standard InChI is InChI=1S/C16H15IN2O6S/c1-18(2)26(23,24)13-7-8-15(17)14(9-13)16(20)25-10-11-3-5-12(6-4-11)19(21)22/h3-9H,10H2,1-2H3. The van der Waals surface area contributed by atoms with Crippen molar-refractivity contribution in [1.29, 1.82) is 0 Å². The summed E-state index contributed by atoms with van der Waals surface area (Å²) in [6.07, 6.45) is 0. The first-order valence-electron chi connectivity index (χ1n) is 7.25. The van der Waals surface area contributed by atoms with Gasteiger partial charge in [0, 0.05) is 29.8 Å². The van der Waals surface area contributed by atoms with Crippen molar-refractivity contribution in [2.75, 3.05) is 14.1 Å².